The van der Waals surface area contributed by atoms with Crippen LogP contribution >= 0.6 is 11.3 Å². The molecule has 2 aliphatic rings. The first kappa shape index (κ1) is 24.8. The highest BCUT2D eigenvalue weighted by Gasteiger charge is 2.34. The van der Waals surface area contributed by atoms with E-state index in [1.165, 1.54) is 11.3 Å². The van der Waals surface area contributed by atoms with Gasteiger partial charge in [0.25, 0.3) is 5.56 Å². The summed E-state index contributed by atoms with van der Waals surface area (Å²) in [4.78, 5) is 31.9. The Balaban J connectivity index is 1.60. The topological polar surface area (TPSA) is 88.4 Å². The van der Waals surface area contributed by atoms with Crippen LogP contribution in [-0.2, 0) is 9.53 Å². The Morgan fingerprint density at radius 3 is 2.68 bits per heavy atom. The fourth-order valence-corrected chi connectivity index (χ4v) is 5.31. The predicted molar refractivity (Wildman–Crippen MR) is 140 cm³/mol. The van der Waals surface area contributed by atoms with Gasteiger partial charge in [0.1, 0.15) is 5.75 Å². The van der Waals surface area contributed by atoms with E-state index in [0.717, 1.165) is 11.3 Å². The maximum atomic E-state index is 13.7. The minimum Gasteiger partial charge on any atom is -0.493 e. The van der Waals surface area contributed by atoms with E-state index in [1.807, 2.05) is 36.4 Å². The number of thiazole rings is 1. The van der Waals surface area contributed by atoms with Crippen molar-refractivity contribution < 1.29 is 23.7 Å². The van der Waals surface area contributed by atoms with Crippen molar-refractivity contribution in [1.82, 2.24) is 4.57 Å². The zero-order valence-electron chi connectivity index (χ0n) is 21.1. The van der Waals surface area contributed by atoms with Gasteiger partial charge in [-0.05, 0) is 61.2 Å². The molecule has 3 aromatic rings. The molecule has 2 aliphatic heterocycles. The molecule has 0 N–H and O–H groups in total. The van der Waals surface area contributed by atoms with Crippen LogP contribution in [0.25, 0.3) is 6.08 Å². The maximum Gasteiger partial charge on any atom is 0.338 e. The number of fused-ring (bicyclic) bond motifs is 2. The van der Waals surface area contributed by atoms with Gasteiger partial charge >= 0.3 is 5.97 Å². The van der Waals surface area contributed by atoms with Crippen molar-refractivity contribution in [3.63, 3.8) is 0 Å². The highest BCUT2D eigenvalue weighted by molar-refractivity contribution is 7.07. The number of aromatic nitrogens is 1. The Labute approximate surface area is 218 Å². The second kappa shape index (κ2) is 10.3. The van der Waals surface area contributed by atoms with Gasteiger partial charge in [0.2, 0.25) is 6.79 Å². The van der Waals surface area contributed by atoms with Gasteiger partial charge in [-0.3, -0.25) is 9.36 Å². The molecular weight excluding hydrogens is 492 g/mol. The molecule has 5 rings (SSSR count). The van der Waals surface area contributed by atoms with E-state index in [0.29, 0.717) is 50.2 Å². The smallest absolute Gasteiger partial charge is 0.338 e. The van der Waals surface area contributed by atoms with Crippen molar-refractivity contribution in [3.05, 3.63) is 84.5 Å². The van der Waals surface area contributed by atoms with Crippen LogP contribution < -0.4 is 29.1 Å². The molecule has 0 bridgehead atoms. The standard InChI is InChI=1S/C28H28N2O6S/c1-5-33-27(32)24-17(4)29-28-30(25(24)19-8-11-21-22(13-19)36-15-35-21)26(31)23(37-28)12-18-6-9-20(10-7-18)34-14-16(2)3/h6-13,16,25H,5,14-15H2,1-4H3/b23-12+/t25-/m1/s1. The summed E-state index contributed by atoms with van der Waals surface area (Å²) >= 11 is 1.28. The maximum absolute atomic E-state index is 13.7. The fourth-order valence-electron chi connectivity index (χ4n) is 4.26. The molecule has 0 saturated heterocycles. The third-order valence-electron chi connectivity index (χ3n) is 5.99. The zero-order valence-corrected chi connectivity index (χ0v) is 22.0. The Morgan fingerprint density at radius 1 is 1.19 bits per heavy atom. The lowest BCUT2D eigenvalue weighted by Gasteiger charge is -2.24. The van der Waals surface area contributed by atoms with E-state index >= 15 is 0 Å². The lowest BCUT2D eigenvalue weighted by atomic mass is 9.95. The summed E-state index contributed by atoms with van der Waals surface area (Å²) in [5.74, 6) is 1.90. The molecule has 8 nitrogen and oxygen atoms in total. The van der Waals surface area contributed by atoms with Crippen LogP contribution in [0.3, 0.4) is 0 Å². The number of carbonyl (C=O) groups is 1. The summed E-state index contributed by atoms with van der Waals surface area (Å²) < 4.78 is 24.2. The number of rotatable bonds is 7. The van der Waals surface area contributed by atoms with Crippen LogP contribution in [0.15, 0.2) is 63.5 Å². The highest BCUT2D eigenvalue weighted by Crippen LogP contribution is 2.38. The molecule has 0 saturated carbocycles. The monoisotopic (exact) mass is 520 g/mol. The fraction of sp³-hybridized carbons (Fsp3) is 0.321. The molecule has 1 aromatic heterocycles. The summed E-state index contributed by atoms with van der Waals surface area (Å²) in [5.41, 5.74) is 2.18. The second-order valence-electron chi connectivity index (χ2n) is 9.19. The molecule has 37 heavy (non-hydrogen) atoms. The van der Waals surface area contributed by atoms with E-state index in [9.17, 15) is 9.59 Å². The van der Waals surface area contributed by atoms with E-state index in [2.05, 4.69) is 18.8 Å². The lowest BCUT2D eigenvalue weighted by Crippen LogP contribution is -2.39. The summed E-state index contributed by atoms with van der Waals surface area (Å²) in [7, 11) is 0. The summed E-state index contributed by atoms with van der Waals surface area (Å²) in [6.45, 7) is 8.68. The van der Waals surface area contributed by atoms with E-state index in [4.69, 9.17) is 18.9 Å². The average Bonchev–Trinajstić information content (AvgIpc) is 3.46. The van der Waals surface area contributed by atoms with Crippen molar-refractivity contribution in [2.45, 2.75) is 33.7 Å². The Hall–Kier alpha value is -3.85. The molecule has 192 valence electrons. The van der Waals surface area contributed by atoms with Crippen molar-refractivity contribution in [2.75, 3.05) is 20.0 Å². The first-order chi connectivity index (χ1) is 17.9. The minimum atomic E-state index is -0.709. The quantitative estimate of drug-likeness (QED) is 0.443. The predicted octanol–water partition coefficient (Wildman–Crippen LogP) is 3.56. The number of carbonyl (C=O) groups excluding carboxylic acids is 1. The average molecular weight is 521 g/mol. The van der Waals surface area contributed by atoms with E-state index < -0.39 is 12.0 Å². The molecular formula is C28H28N2O6S. The number of nitrogens with zero attached hydrogens (tertiary/aromatic N) is 2. The molecule has 0 aliphatic carbocycles. The molecule has 0 radical (unpaired) electrons. The Morgan fingerprint density at radius 2 is 1.95 bits per heavy atom. The molecule has 3 heterocycles. The molecule has 0 fully saturated rings. The normalized spacial score (nSPS) is 16.6. The first-order valence-corrected chi connectivity index (χ1v) is 13.0. The number of benzene rings is 2. The second-order valence-corrected chi connectivity index (χ2v) is 10.2. The number of hydrogen-bond acceptors (Lipinski definition) is 8. The van der Waals surface area contributed by atoms with Gasteiger partial charge in [0, 0.05) is 0 Å². The number of esters is 1. The van der Waals surface area contributed by atoms with Crippen molar-refractivity contribution in [1.29, 1.82) is 0 Å². The molecule has 9 heteroatoms. The number of ether oxygens (including phenoxy) is 4. The third kappa shape index (κ3) is 4.91. The van der Waals surface area contributed by atoms with Crippen molar-refractivity contribution in [3.8, 4) is 17.2 Å². The van der Waals surface area contributed by atoms with Gasteiger partial charge in [-0.25, -0.2) is 9.79 Å². The van der Waals surface area contributed by atoms with Gasteiger partial charge in [0.15, 0.2) is 16.3 Å². The van der Waals surface area contributed by atoms with Crippen LogP contribution in [0, 0.1) is 5.92 Å². The number of allylic oxidation sites excluding steroid dienone is 1. The third-order valence-corrected chi connectivity index (χ3v) is 6.97. The SMILES string of the molecule is CCOC(=O)C1=C(C)N=c2s/c(=C/c3ccc(OCC(C)C)cc3)c(=O)n2[C@@H]1c1ccc2c(c1)OCO2. The van der Waals surface area contributed by atoms with Crippen LogP contribution in [0.5, 0.6) is 17.2 Å². The van der Waals surface area contributed by atoms with Crippen LogP contribution in [0.4, 0.5) is 0 Å². The van der Waals surface area contributed by atoms with Crippen LogP contribution in [0.2, 0.25) is 0 Å². The summed E-state index contributed by atoms with van der Waals surface area (Å²) in [5, 5.41) is 0. The van der Waals surface area contributed by atoms with Crippen LogP contribution in [0.1, 0.15) is 44.9 Å². The van der Waals surface area contributed by atoms with Gasteiger partial charge in [-0.2, -0.15) is 0 Å². The molecule has 0 amide bonds. The largest absolute Gasteiger partial charge is 0.493 e. The zero-order chi connectivity index (χ0) is 26.1. The van der Waals surface area contributed by atoms with E-state index in [1.54, 1.807) is 30.5 Å². The first-order valence-electron chi connectivity index (χ1n) is 12.2. The van der Waals surface area contributed by atoms with Crippen molar-refractivity contribution >= 4 is 23.4 Å². The minimum absolute atomic E-state index is 0.127. The van der Waals surface area contributed by atoms with Gasteiger partial charge in [-0.1, -0.05) is 43.4 Å². The van der Waals surface area contributed by atoms with Gasteiger partial charge < -0.3 is 18.9 Å². The Kier molecular flexibility index (Phi) is 6.88. The molecule has 0 spiro atoms. The number of hydrogen-bond donors (Lipinski definition) is 0. The Bertz CT molecular complexity index is 1550. The van der Waals surface area contributed by atoms with E-state index in [-0.39, 0.29) is 19.0 Å². The van der Waals surface area contributed by atoms with Crippen molar-refractivity contribution in [2.24, 2.45) is 10.9 Å². The lowest BCUT2D eigenvalue weighted by molar-refractivity contribution is -0.139. The molecule has 2 aromatic carbocycles. The molecule has 1 atom stereocenters. The highest BCUT2D eigenvalue weighted by atomic mass is 32.1. The summed E-state index contributed by atoms with van der Waals surface area (Å²) in [6, 6.07) is 12.3. The summed E-state index contributed by atoms with van der Waals surface area (Å²) in [6.07, 6.45) is 1.83. The molecule has 0 unspecified atom stereocenters. The van der Waals surface area contributed by atoms with Crippen LogP contribution in [-0.4, -0.2) is 30.5 Å². The van der Waals surface area contributed by atoms with Gasteiger partial charge in [0.05, 0.1) is 35.1 Å². The van der Waals surface area contributed by atoms with Gasteiger partial charge in [-0.15, -0.1) is 0 Å².